The van der Waals surface area contributed by atoms with E-state index in [2.05, 4.69) is 10.2 Å². The highest BCUT2D eigenvalue weighted by atomic mass is 19.1. The van der Waals surface area contributed by atoms with E-state index in [1.165, 1.54) is 17.0 Å². The SMILES string of the molecule is CN(C(=O)N1CCCC(c2n[nH]c(=O)o2)C1)c1ccc(F)cc1. The molecule has 2 amide bonds. The number of urea groups is 1. The zero-order valence-electron chi connectivity index (χ0n) is 12.7. The molecule has 0 saturated carbocycles. The molecule has 3 rings (SSSR count). The van der Waals surface area contributed by atoms with Gasteiger partial charge in [0.15, 0.2) is 0 Å². The summed E-state index contributed by atoms with van der Waals surface area (Å²) in [5.74, 6) is -0.710. The summed E-state index contributed by atoms with van der Waals surface area (Å²) in [6.07, 6.45) is 1.60. The van der Waals surface area contributed by atoms with Gasteiger partial charge in [-0.25, -0.2) is 19.1 Å². The largest absolute Gasteiger partial charge is 0.434 e. The zero-order valence-corrected chi connectivity index (χ0v) is 12.7. The summed E-state index contributed by atoms with van der Waals surface area (Å²) in [5.41, 5.74) is 0.616. The summed E-state index contributed by atoms with van der Waals surface area (Å²) in [4.78, 5) is 26.8. The number of likely N-dealkylation sites (tertiary alicyclic amines) is 1. The van der Waals surface area contributed by atoms with Gasteiger partial charge in [0, 0.05) is 25.8 Å². The second kappa shape index (κ2) is 6.23. The number of H-pyrrole nitrogens is 1. The average Bonchev–Trinajstić information content (AvgIpc) is 3.01. The number of hydrogen-bond donors (Lipinski definition) is 1. The Hall–Kier alpha value is -2.64. The van der Waals surface area contributed by atoms with E-state index in [4.69, 9.17) is 4.42 Å². The highest BCUT2D eigenvalue weighted by molar-refractivity contribution is 5.91. The molecule has 0 radical (unpaired) electrons. The van der Waals surface area contributed by atoms with Crippen LogP contribution in [-0.4, -0.2) is 41.3 Å². The minimum Gasteiger partial charge on any atom is -0.392 e. The fraction of sp³-hybridized carbons (Fsp3) is 0.400. The van der Waals surface area contributed by atoms with Crippen LogP contribution in [0.3, 0.4) is 0 Å². The van der Waals surface area contributed by atoms with Gasteiger partial charge in [-0.3, -0.25) is 4.90 Å². The third kappa shape index (κ3) is 3.25. The number of piperidine rings is 1. The van der Waals surface area contributed by atoms with Gasteiger partial charge in [-0.05, 0) is 37.1 Å². The number of benzene rings is 1. The van der Waals surface area contributed by atoms with Crippen LogP contribution in [-0.2, 0) is 0 Å². The predicted octanol–water partition coefficient (Wildman–Crippen LogP) is 1.94. The summed E-state index contributed by atoms with van der Waals surface area (Å²) >= 11 is 0. The number of nitrogens with zero attached hydrogens (tertiary/aromatic N) is 3. The highest BCUT2D eigenvalue weighted by Gasteiger charge is 2.29. The summed E-state index contributed by atoms with van der Waals surface area (Å²) in [6.45, 7) is 1.05. The molecule has 0 aliphatic carbocycles. The summed E-state index contributed by atoms with van der Waals surface area (Å²) < 4.78 is 18.0. The molecule has 1 saturated heterocycles. The third-order valence-corrected chi connectivity index (χ3v) is 4.00. The van der Waals surface area contributed by atoms with Gasteiger partial charge in [0.1, 0.15) is 5.82 Å². The molecule has 1 aromatic heterocycles. The van der Waals surface area contributed by atoms with E-state index >= 15 is 0 Å². The van der Waals surface area contributed by atoms with Crippen LogP contribution in [0.4, 0.5) is 14.9 Å². The molecule has 1 unspecified atom stereocenters. The monoisotopic (exact) mass is 320 g/mol. The van der Waals surface area contributed by atoms with Gasteiger partial charge >= 0.3 is 11.8 Å². The number of aromatic nitrogens is 2. The first-order valence-electron chi connectivity index (χ1n) is 7.38. The Morgan fingerprint density at radius 1 is 1.43 bits per heavy atom. The topological polar surface area (TPSA) is 82.4 Å². The summed E-state index contributed by atoms with van der Waals surface area (Å²) in [7, 11) is 1.65. The first-order valence-corrected chi connectivity index (χ1v) is 7.38. The minimum absolute atomic E-state index is 0.103. The number of hydrogen-bond acceptors (Lipinski definition) is 4. The number of nitrogens with one attached hydrogen (secondary N) is 1. The van der Waals surface area contributed by atoms with Crippen molar-refractivity contribution in [2.45, 2.75) is 18.8 Å². The molecule has 2 heterocycles. The van der Waals surface area contributed by atoms with Crippen molar-refractivity contribution < 1.29 is 13.6 Å². The molecule has 1 aliphatic heterocycles. The van der Waals surface area contributed by atoms with Crippen LogP contribution < -0.4 is 10.7 Å². The Labute approximate surface area is 131 Å². The first kappa shape index (κ1) is 15.3. The van der Waals surface area contributed by atoms with Crippen molar-refractivity contribution in [3.8, 4) is 0 Å². The van der Waals surface area contributed by atoms with Gasteiger partial charge in [0.05, 0.1) is 5.92 Å². The smallest absolute Gasteiger partial charge is 0.392 e. The number of carbonyl (C=O) groups excluding carboxylic acids is 1. The van der Waals surface area contributed by atoms with Gasteiger partial charge in [0.2, 0.25) is 5.89 Å². The standard InChI is InChI=1S/C15H17FN4O3/c1-19(12-6-4-11(16)5-7-12)15(22)20-8-2-3-10(9-20)13-17-18-14(21)23-13/h4-7,10H,2-3,8-9H2,1H3,(H,18,21). The number of rotatable bonds is 2. The van der Waals surface area contributed by atoms with Gasteiger partial charge in [-0.15, -0.1) is 5.10 Å². The van der Waals surface area contributed by atoms with Crippen LogP contribution >= 0.6 is 0 Å². The molecule has 0 spiro atoms. The minimum atomic E-state index is -0.591. The Bertz CT molecular complexity index is 740. The molecule has 2 aromatic rings. The number of carbonyl (C=O) groups is 1. The number of amides is 2. The molecular weight excluding hydrogens is 303 g/mol. The van der Waals surface area contributed by atoms with E-state index in [1.807, 2.05) is 0 Å². The Morgan fingerprint density at radius 3 is 2.83 bits per heavy atom. The first-order chi connectivity index (χ1) is 11.0. The van der Waals surface area contributed by atoms with Crippen molar-refractivity contribution in [3.05, 3.63) is 46.5 Å². The Morgan fingerprint density at radius 2 is 2.17 bits per heavy atom. The second-order valence-electron chi connectivity index (χ2n) is 5.55. The fourth-order valence-electron chi connectivity index (χ4n) is 2.76. The summed E-state index contributed by atoms with van der Waals surface area (Å²) in [5, 5.41) is 6.09. The van der Waals surface area contributed by atoms with E-state index in [9.17, 15) is 14.0 Å². The molecule has 1 aromatic carbocycles. The molecule has 122 valence electrons. The molecule has 8 heteroatoms. The maximum absolute atomic E-state index is 13.0. The van der Waals surface area contributed by atoms with Crippen LogP contribution in [0.15, 0.2) is 33.5 Å². The van der Waals surface area contributed by atoms with Crippen molar-refractivity contribution >= 4 is 11.7 Å². The van der Waals surface area contributed by atoms with Crippen molar-refractivity contribution in [2.75, 3.05) is 25.0 Å². The number of halogens is 1. The predicted molar refractivity (Wildman–Crippen MR) is 80.9 cm³/mol. The quantitative estimate of drug-likeness (QED) is 0.916. The van der Waals surface area contributed by atoms with Gasteiger partial charge in [0.25, 0.3) is 0 Å². The molecule has 1 aliphatic rings. The summed E-state index contributed by atoms with van der Waals surface area (Å²) in [6, 6.07) is 5.56. The van der Waals surface area contributed by atoms with Crippen LogP contribution in [0.1, 0.15) is 24.7 Å². The lowest BCUT2D eigenvalue weighted by Crippen LogP contribution is -2.46. The van der Waals surface area contributed by atoms with E-state index in [0.29, 0.717) is 24.7 Å². The van der Waals surface area contributed by atoms with E-state index in [0.717, 1.165) is 12.8 Å². The highest BCUT2D eigenvalue weighted by Crippen LogP contribution is 2.26. The van der Waals surface area contributed by atoms with E-state index in [1.54, 1.807) is 24.1 Å². The molecule has 7 nitrogen and oxygen atoms in total. The van der Waals surface area contributed by atoms with Crippen molar-refractivity contribution in [3.63, 3.8) is 0 Å². The molecular formula is C15H17FN4O3. The maximum atomic E-state index is 13.0. The maximum Gasteiger partial charge on any atom is 0.434 e. The second-order valence-corrected chi connectivity index (χ2v) is 5.55. The Balaban J connectivity index is 1.71. The lowest BCUT2D eigenvalue weighted by molar-refractivity contribution is 0.181. The normalized spacial score (nSPS) is 18.0. The lowest BCUT2D eigenvalue weighted by Gasteiger charge is -2.34. The number of anilines is 1. The average molecular weight is 320 g/mol. The van der Waals surface area contributed by atoms with Crippen LogP contribution in [0.2, 0.25) is 0 Å². The molecule has 1 fully saturated rings. The van der Waals surface area contributed by atoms with Gasteiger partial charge in [-0.1, -0.05) is 0 Å². The van der Waals surface area contributed by atoms with Crippen molar-refractivity contribution in [1.29, 1.82) is 0 Å². The third-order valence-electron chi connectivity index (χ3n) is 4.00. The van der Waals surface area contributed by atoms with Crippen molar-refractivity contribution in [2.24, 2.45) is 0 Å². The van der Waals surface area contributed by atoms with Gasteiger partial charge in [-0.2, -0.15) is 0 Å². The van der Waals surface area contributed by atoms with Gasteiger partial charge < -0.3 is 9.32 Å². The zero-order chi connectivity index (χ0) is 16.4. The van der Waals surface area contributed by atoms with Crippen molar-refractivity contribution in [1.82, 2.24) is 15.1 Å². The van der Waals surface area contributed by atoms with E-state index < -0.39 is 5.76 Å². The van der Waals surface area contributed by atoms with Crippen LogP contribution in [0, 0.1) is 5.82 Å². The lowest BCUT2D eigenvalue weighted by atomic mass is 9.98. The molecule has 0 bridgehead atoms. The Kier molecular flexibility index (Phi) is 4.14. The number of aromatic amines is 1. The molecule has 23 heavy (non-hydrogen) atoms. The molecule has 1 atom stereocenters. The van der Waals surface area contributed by atoms with E-state index in [-0.39, 0.29) is 17.8 Å². The fourth-order valence-corrected chi connectivity index (χ4v) is 2.76. The van der Waals surface area contributed by atoms with Crippen LogP contribution in [0.5, 0.6) is 0 Å². The van der Waals surface area contributed by atoms with Crippen LogP contribution in [0.25, 0.3) is 0 Å². The molecule has 1 N–H and O–H groups in total.